The molecule has 25 heavy (non-hydrogen) atoms. The van der Waals surface area contributed by atoms with Crippen LogP contribution in [0.3, 0.4) is 0 Å². The normalized spacial score (nSPS) is 14.6. The molecule has 5 nitrogen and oxygen atoms in total. The van der Waals surface area contributed by atoms with Crippen LogP contribution in [0.5, 0.6) is 0 Å². The number of amides is 1. The second-order valence-corrected chi connectivity index (χ2v) is 7.58. The number of carbonyl (C=O) groups is 1. The summed E-state index contributed by atoms with van der Waals surface area (Å²) in [5, 5.41) is 5.28. The molecule has 128 valence electrons. The average molecular weight is 352 g/mol. The van der Waals surface area contributed by atoms with Crippen LogP contribution in [0.15, 0.2) is 47.6 Å². The monoisotopic (exact) mass is 352 g/mol. The van der Waals surface area contributed by atoms with Crippen molar-refractivity contribution in [3.05, 3.63) is 48.3 Å². The first-order valence-electron chi connectivity index (χ1n) is 8.52. The molecule has 3 aromatic rings. The maximum absolute atomic E-state index is 13.1. The third-order valence-corrected chi connectivity index (χ3v) is 5.50. The van der Waals surface area contributed by atoms with Gasteiger partial charge in [-0.3, -0.25) is 4.79 Å². The fourth-order valence-corrected chi connectivity index (χ4v) is 4.12. The van der Waals surface area contributed by atoms with Gasteiger partial charge in [0.25, 0.3) is 5.91 Å². The van der Waals surface area contributed by atoms with E-state index in [1.54, 1.807) is 12.4 Å². The number of rotatable bonds is 2. The van der Waals surface area contributed by atoms with Crippen LogP contribution in [0.25, 0.3) is 11.0 Å². The molecule has 0 unspecified atom stereocenters. The van der Waals surface area contributed by atoms with Gasteiger partial charge in [-0.25, -0.2) is 9.67 Å². The van der Waals surface area contributed by atoms with Crippen LogP contribution >= 0.6 is 11.8 Å². The Morgan fingerprint density at radius 2 is 2.08 bits per heavy atom. The summed E-state index contributed by atoms with van der Waals surface area (Å²) in [4.78, 5) is 20.7. The summed E-state index contributed by atoms with van der Waals surface area (Å²) in [7, 11) is 0. The molecule has 0 bridgehead atoms. The highest BCUT2D eigenvalue weighted by Gasteiger charge is 2.23. The Balaban J connectivity index is 1.72. The van der Waals surface area contributed by atoms with E-state index < -0.39 is 0 Å². The summed E-state index contributed by atoms with van der Waals surface area (Å²) >= 11 is 1.81. The van der Waals surface area contributed by atoms with Gasteiger partial charge in [0, 0.05) is 29.1 Å². The molecule has 1 aromatic carbocycles. The molecule has 3 heterocycles. The SMILES string of the molecule is CC(C)n1ncc2cc(C(=O)N3CCCSc4ccccc43)cnc21. The highest BCUT2D eigenvalue weighted by atomic mass is 32.2. The summed E-state index contributed by atoms with van der Waals surface area (Å²) in [6.07, 6.45) is 4.43. The number of fused-ring (bicyclic) bond motifs is 2. The quantitative estimate of drug-likeness (QED) is 0.695. The van der Waals surface area contributed by atoms with Crippen LogP contribution in [-0.2, 0) is 0 Å². The third kappa shape index (κ3) is 2.91. The fraction of sp³-hybridized carbons (Fsp3) is 0.316. The maximum atomic E-state index is 13.1. The van der Waals surface area contributed by atoms with Crippen LogP contribution in [0, 0.1) is 0 Å². The average Bonchev–Trinajstić information content (AvgIpc) is 2.93. The zero-order valence-corrected chi connectivity index (χ0v) is 15.2. The standard InChI is InChI=1S/C19H20N4OS/c1-13(2)23-18-14(12-21-23)10-15(11-20-18)19(24)22-8-5-9-25-17-7-4-3-6-16(17)22/h3-4,6-7,10-13H,5,8-9H2,1-2H3. The number of hydrogen-bond acceptors (Lipinski definition) is 4. The second kappa shape index (κ2) is 6.52. The van der Waals surface area contributed by atoms with E-state index in [9.17, 15) is 4.79 Å². The van der Waals surface area contributed by atoms with Gasteiger partial charge in [0.2, 0.25) is 0 Å². The van der Waals surface area contributed by atoms with Crippen molar-refractivity contribution in [2.75, 3.05) is 17.2 Å². The number of carbonyl (C=O) groups excluding carboxylic acids is 1. The summed E-state index contributed by atoms with van der Waals surface area (Å²) in [5.41, 5.74) is 2.42. The predicted molar refractivity (Wildman–Crippen MR) is 101 cm³/mol. The van der Waals surface area contributed by atoms with Crippen LogP contribution in [0.4, 0.5) is 5.69 Å². The lowest BCUT2D eigenvalue weighted by Crippen LogP contribution is -2.31. The lowest BCUT2D eigenvalue weighted by Gasteiger charge is -2.22. The van der Waals surface area contributed by atoms with Crippen molar-refractivity contribution in [2.24, 2.45) is 0 Å². The summed E-state index contributed by atoms with van der Waals surface area (Å²) in [6.45, 7) is 4.87. The van der Waals surface area contributed by atoms with Crippen LogP contribution in [-0.4, -0.2) is 33.0 Å². The van der Waals surface area contributed by atoms with E-state index in [1.807, 2.05) is 45.6 Å². The lowest BCUT2D eigenvalue weighted by atomic mass is 10.2. The molecule has 0 radical (unpaired) electrons. The number of pyridine rings is 1. The zero-order chi connectivity index (χ0) is 17.4. The van der Waals surface area contributed by atoms with Gasteiger partial charge in [-0.1, -0.05) is 12.1 Å². The number of hydrogen-bond donors (Lipinski definition) is 0. The predicted octanol–water partition coefficient (Wildman–Crippen LogP) is 4.15. The van der Waals surface area contributed by atoms with Gasteiger partial charge in [0.15, 0.2) is 5.65 Å². The number of anilines is 1. The van der Waals surface area contributed by atoms with Crippen LogP contribution in [0.1, 0.15) is 36.7 Å². The number of aromatic nitrogens is 3. The molecule has 1 aliphatic rings. The van der Waals surface area contributed by atoms with Crippen LogP contribution < -0.4 is 4.90 Å². The Hall–Kier alpha value is -2.34. The smallest absolute Gasteiger partial charge is 0.259 e. The molecule has 2 aromatic heterocycles. The van der Waals surface area contributed by atoms with Crippen molar-refractivity contribution in [3.8, 4) is 0 Å². The van der Waals surface area contributed by atoms with Crippen molar-refractivity contribution in [3.63, 3.8) is 0 Å². The molecule has 0 saturated heterocycles. The van der Waals surface area contributed by atoms with Crippen molar-refractivity contribution >= 4 is 34.4 Å². The topological polar surface area (TPSA) is 51.0 Å². The molecule has 1 aliphatic heterocycles. The molecule has 0 N–H and O–H groups in total. The number of nitrogens with zero attached hydrogens (tertiary/aromatic N) is 4. The maximum Gasteiger partial charge on any atom is 0.259 e. The molecular weight excluding hydrogens is 332 g/mol. The summed E-state index contributed by atoms with van der Waals surface area (Å²) < 4.78 is 1.88. The van der Waals surface area contributed by atoms with Gasteiger partial charge in [0.1, 0.15) is 0 Å². The van der Waals surface area contributed by atoms with E-state index in [0.717, 1.165) is 40.3 Å². The summed E-state index contributed by atoms with van der Waals surface area (Å²) in [5.74, 6) is 1.03. The minimum absolute atomic E-state index is 0.00152. The van der Waals surface area contributed by atoms with E-state index in [4.69, 9.17) is 0 Å². The highest BCUT2D eigenvalue weighted by molar-refractivity contribution is 7.99. The van der Waals surface area contributed by atoms with E-state index in [0.29, 0.717) is 5.56 Å². The first-order valence-corrected chi connectivity index (χ1v) is 9.50. The van der Waals surface area contributed by atoms with Crippen molar-refractivity contribution in [1.29, 1.82) is 0 Å². The molecule has 0 atom stereocenters. The Morgan fingerprint density at radius 3 is 2.92 bits per heavy atom. The van der Waals surface area contributed by atoms with Crippen molar-refractivity contribution in [2.45, 2.75) is 31.2 Å². The Labute approximate surface area is 151 Å². The second-order valence-electron chi connectivity index (χ2n) is 6.45. The van der Waals surface area contributed by atoms with E-state index in [1.165, 1.54) is 0 Å². The highest BCUT2D eigenvalue weighted by Crippen LogP contribution is 2.34. The van der Waals surface area contributed by atoms with Crippen molar-refractivity contribution < 1.29 is 4.79 Å². The molecular formula is C19H20N4OS. The molecule has 6 heteroatoms. The molecule has 1 amide bonds. The van der Waals surface area contributed by atoms with Gasteiger partial charge < -0.3 is 4.90 Å². The molecule has 0 fully saturated rings. The fourth-order valence-electron chi connectivity index (χ4n) is 3.13. The molecule has 0 aliphatic carbocycles. The number of thioether (sulfide) groups is 1. The Morgan fingerprint density at radius 1 is 1.24 bits per heavy atom. The lowest BCUT2D eigenvalue weighted by molar-refractivity contribution is 0.0986. The zero-order valence-electron chi connectivity index (χ0n) is 14.3. The van der Waals surface area contributed by atoms with Crippen LogP contribution in [0.2, 0.25) is 0 Å². The largest absolute Gasteiger partial charge is 0.307 e. The van der Waals surface area contributed by atoms with Gasteiger partial charge >= 0.3 is 0 Å². The molecule has 4 rings (SSSR count). The van der Waals surface area contributed by atoms with Crippen molar-refractivity contribution in [1.82, 2.24) is 14.8 Å². The Bertz CT molecular complexity index is 934. The number of para-hydroxylation sites is 1. The van der Waals surface area contributed by atoms with Gasteiger partial charge in [0.05, 0.1) is 17.4 Å². The van der Waals surface area contributed by atoms with E-state index >= 15 is 0 Å². The minimum Gasteiger partial charge on any atom is -0.307 e. The minimum atomic E-state index is 0.00152. The van der Waals surface area contributed by atoms with E-state index in [2.05, 4.69) is 30.0 Å². The molecule has 0 saturated carbocycles. The summed E-state index contributed by atoms with van der Waals surface area (Å²) in [6, 6.07) is 10.2. The molecule has 0 spiro atoms. The number of benzene rings is 1. The first kappa shape index (κ1) is 16.1. The first-order chi connectivity index (χ1) is 12.1. The Kier molecular flexibility index (Phi) is 4.21. The van der Waals surface area contributed by atoms with Gasteiger partial charge in [-0.2, -0.15) is 5.10 Å². The van der Waals surface area contributed by atoms with E-state index in [-0.39, 0.29) is 11.9 Å². The van der Waals surface area contributed by atoms with Gasteiger partial charge in [-0.15, -0.1) is 11.8 Å². The third-order valence-electron chi connectivity index (χ3n) is 4.35. The van der Waals surface area contributed by atoms with Gasteiger partial charge in [-0.05, 0) is 44.2 Å².